The summed E-state index contributed by atoms with van der Waals surface area (Å²) in [6, 6.07) is 22.8. The molecule has 0 spiro atoms. The van der Waals surface area contributed by atoms with Crippen LogP contribution in [0.3, 0.4) is 0 Å². The fourth-order valence-electron chi connectivity index (χ4n) is 4.28. The van der Waals surface area contributed by atoms with Crippen LogP contribution in [0.2, 0.25) is 0 Å². The summed E-state index contributed by atoms with van der Waals surface area (Å²) in [5, 5.41) is 1.24. The lowest BCUT2D eigenvalue weighted by Gasteiger charge is -2.31. The summed E-state index contributed by atoms with van der Waals surface area (Å²) >= 11 is 1.84. The molecular formula is C24H23N3OS. The molecule has 1 aliphatic rings. The number of nitrogens with one attached hydrogen (secondary N) is 2. The largest absolute Gasteiger partial charge is 0.354 e. The van der Waals surface area contributed by atoms with Crippen molar-refractivity contribution in [2.75, 3.05) is 13.1 Å². The van der Waals surface area contributed by atoms with E-state index in [4.69, 9.17) is 0 Å². The maximum atomic E-state index is 12.5. The second-order valence-electron chi connectivity index (χ2n) is 7.48. The van der Waals surface area contributed by atoms with E-state index in [2.05, 4.69) is 62.8 Å². The van der Waals surface area contributed by atoms with Crippen molar-refractivity contribution < 1.29 is 0 Å². The van der Waals surface area contributed by atoms with Gasteiger partial charge in [-0.05, 0) is 66.6 Å². The molecule has 0 unspecified atom stereocenters. The summed E-state index contributed by atoms with van der Waals surface area (Å²) in [7, 11) is 0. The molecule has 146 valence electrons. The van der Waals surface area contributed by atoms with Gasteiger partial charge in [0.1, 0.15) is 0 Å². The zero-order chi connectivity index (χ0) is 19.6. The van der Waals surface area contributed by atoms with E-state index < -0.39 is 0 Å². The van der Waals surface area contributed by atoms with Gasteiger partial charge in [0.25, 0.3) is 5.56 Å². The van der Waals surface area contributed by atoms with Crippen molar-refractivity contribution in [2.24, 2.45) is 0 Å². The number of benzene rings is 2. The Labute approximate surface area is 174 Å². The molecule has 2 aromatic heterocycles. The van der Waals surface area contributed by atoms with Crippen molar-refractivity contribution in [1.82, 2.24) is 14.3 Å². The summed E-state index contributed by atoms with van der Waals surface area (Å²) in [6.45, 7) is 2.07. The van der Waals surface area contributed by atoms with Gasteiger partial charge in [0.15, 0.2) is 0 Å². The number of hydrogen-bond donors (Lipinski definition) is 2. The Morgan fingerprint density at radius 2 is 1.66 bits per heavy atom. The van der Waals surface area contributed by atoms with Crippen molar-refractivity contribution in [3.8, 4) is 11.3 Å². The molecule has 4 nitrogen and oxygen atoms in total. The Morgan fingerprint density at radius 3 is 2.45 bits per heavy atom. The van der Waals surface area contributed by atoms with Gasteiger partial charge in [-0.25, -0.2) is 4.31 Å². The molecule has 0 bridgehead atoms. The van der Waals surface area contributed by atoms with E-state index in [0.29, 0.717) is 5.92 Å². The van der Waals surface area contributed by atoms with Gasteiger partial charge in [0.2, 0.25) is 0 Å². The smallest absolute Gasteiger partial charge is 0.257 e. The highest BCUT2D eigenvalue weighted by Crippen LogP contribution is 2.40. The maximum absolute atomic E-state index is 12.5. The number of rotatable bonds is 4. The zero-order valence-electron chi connectivity index (χ0n) is 16.1. The second-order valence-corrected chi connectivity index (χ2v) is 8.65. The summed E-state index contributed by atoms with van der Waals surface area (Å²) in [4.78, 5) is 20.1. The van der Waals surface area contributed by atoms with E-state index in [1.807, 2.05) is 30.1 Å². The first-order valence-corrected chi connectivity index (χ1v) is 10.8. The van der Waals surface area contributed by atoms with E-state index in [0.717, 1.165) is 42.7 Å². The fraction of sp³-hybridized carbons (Fsp3) is 0.208. The molecule has 2 N–H and O–H groups in total. The highest BCUT2D eigenvalue weighted by atomic mass is 32.2. The highest BCUT2D eigenvalue weighted by Gasteiger charge is 2.27. The third-order valence-electron chi connectivity index (χ3n) is 5.67. The predicted molar refractivity (Wildman–Crippen MR) is 120 cm³/mol. The normalized spacial score (nSPS) is 15.7. The van der Waals surface area contributed by atoms with Crippen LogP contribution in [0.5, 0.6) is 0 Å². The molecule has 5 heteroatoms. The number of fused-ring (bicyclic) bond motifs is 1. The van der Waals surface area contributed by atoms with Crippen molar-refractivity contribution in [1.29, 1.82) is 0 Å². The number of nitrogens with zero attached hydrogens (tertiary/aromatic N) is 1. The molecule has 29 heavy (non-hydrogen) atoms. The first kappa shape index (κ1) is 18.3. The standard InChI is InChI=1S/C24H23N3OS/c28-24-20(10-6-14-25-24)23-22(19-9-4-5-11-21(19)26-23)17-12-15-27(16-13-17)29-18-7-2-1-3-8-18/h1-11,14,17,26H,12-13,15-16H2,(H,25,28). The number of aromatic amines is 2. The molecule has 0 amide bonds. The topological polar surface area (TPSA) is 51.9 Å². The molecule has 0 saturated carbocycles. The molecule has 3 heterocycles. The van der Waals surface area contributed by atoms with Crippen LogP contribution in [0.25, 0.3) is 22.2 Å². The van der Waals surface area contributed by atoms with Crippen LogP contribution in [-0.2, 0) is 0 Å². The van der Waals surface area contributed by atoms with Gasteiger partial charge in [-0.2, -0.15) is 0 Å². The van der Waals surface area contributed by atoms with Gasteiger partial charge < -0.3 is 9.97 Å². The minimum absolute atomic E-state index is 0.0441. The summed E-state index contributed by atoms with van der Waals surface area (Å²) < 4.78 is 2.45. The lowest BCUT2D eigenvalue weighted by Crippen LogP contribution is -2.27. The van der Waals surface area contributed by atoms with E-state index >= 15 is 0 Å². The molecule has 5 rings (SSSR count). The number of pyridine rings is 1. The highest BCUT2D eigenvalue weighted by molar-refractivity contribution is 7.97. The summed E-state index contributed by atoms with van der Waals surface area (Å²) in [5.74, 6) is 0.438. The minimum Gasteiger partial charge on any atom is -0.354 e. The molecule has 4 aromatic rings. The van der Waals surface area contributed by atoms with Crippen LogP contribution >= 0.6 is 11.9 Å². The van der Waals surface area contributed by atoms with Gasteiger partial charge >= 0.3 is 0 Å². The maximum Gasteiger partial charge on any atom is 0.257 e. The number of para-hydroxylation sites is 1. The molecule has 2 aromatic carbocycles. The minimum atomic E-state index is -0.0441. The van der Waals surface area contributed by atoms with Crippen LogP contribution < -0.4 is 5.56 Å². The Morgan fingerprint density at radius 1 is 0.897 bits per heavy atom. The number of hydrogen-bond acceptors (Lipinski definition) is 3. The lowest BCUT2D eigenvalue weighted by atomic mass is 9.87. The average Bonchev–Trinajstić information content (AvgIpc) is 3.15. The monoisotopic (exact) mass is 401 g/mol. The molecule has 0 atom stereocenters. The van der Waals surface area contributed by atoms with Crippen molar-refractivity contribution in [3.05, 3.63) is 88.8 Å². The Hall–Kier alpha value is -2.76. The van der Waals surface area contributed by atoms with E-state index in [-0.39, 0.29) is 5.56 Å². The molecule has 1 saturated heterocycles. The predicted octanol–water partition coefficient (Wildman–Crippen LogP) is 5.41. The first-order chi connectivity index (χ1) is 14.3. The Bertz CT molecular complexity index is 1170. The van der Waals surface area contributed by atoms with Crippen LogP contribution in [0, 0.1) is 0 Å². The summed E-state index contributed by atoms with van der Waals surface area (Å²) in [5.41, 5.74) is 4.04. The lowest BCUT2D eigenvalue weighted by molar-refractivity contribution is 0.347. The third-order valence-corrected chi connectivity index (χ3v) is 6.78. The zero-order valence-corrected chi connectivity index (χ0v) is 16.9. The third kappa shape index (κ3) is 3.63. The van der Waals surface area contributed by atoms with Crippen LogP contribution in [0.4, 0.5) is 0 Å². The number of aromatic nitrogens is 2. The molecule has 0 aliphatic carbocycles. The Balaban J connectivity index is 1.45. The van der Waals surface area contributed by atoms with Crippen molar-refractivity contribution in [3.63, 3.8) is 0 Å². The average molecular weight is 402 g/mol. The van der Waals surface area contributed by atoms with Gasteiger partial charge in [-0.3, -0.25) is 4.79 Å². The molecule has 1 aliphatic heterocycles. The SMILES string of the molecule is O=c1[nH]cccc1-c1[nH]c2ccccc2c1C1CCN(Sc2ccccc2)CC1. The van der Waals surface area contributed by atoms with E-state index in [1.54, 1.807) is 6.20 Å². The molecule has 1 fully saturated rings. The van der Waals surface area contributed by atoms with Gasteiger partial charge in [-0.1, -0.05) is 36.4 Å². The van der Waals surface area contributed by atoms with Gasteiger partial charge in [0.05, 0.1) is 11.3 Å². The van der Waals surface area contributed by atoms with Gasteiger partial charge in [0, 0.05) is 35.1 Å². The van der Waals surface area contributed by atoms with Crippen LogP contribution in [0.15, 0.2) is 82.6 Å². The Kier molecular flexibility index (Phi) is 5.00. The van der Waals surface area contributed by atoms with Crippen molar-refractivity contribution in [2.45, 2.75) is 23.7 Å². The van der Waals surface area contributed by atoms with Crippen molar-refractivity contribution >= 4 is 22.9 Å². The molecular weight excluding hydrogens is 378 g/mol. The first-order valence-electron chi connectivity index (χ1n) is 10.1. The number of piperidine rings is 1. The van der Waals surface area contributed by atoms with Gasteiger partial charge in [-0.15, -0.1) is 0 Å². The quantitative estimate of drug-likeness (QED) is 0.450. The molecule has 0 radical (unpaired) electrons. The van der Waals surface area contributed by atoms with E-state index in [9.17, 15) is 4.79 Å². The fourth-order valence-corrected chi connectivity index (χ4v) is 5.26. The van der Waals surface area contributed by atoms with E-state index in [1.165, 1.54) is 15.8 Å². The summed E-state index contributed by atoms with van der Waals surface area (Å²) in [6.07, 6.45) is 3.85. The van der Waals surface area contributed by atoms with Crippen LogP contribution in [0.1, 0.15) is 24.3 Å². The van der Waals surface area contributed by atoms with Crippen LogP contribution in [-0.4, -0.2) is 27.4 Å². The second kappa shape index (κ2) is 7.93. The number of H-pyrrole nitrogens is 2.